The van der Waals surface area contributed by atoms with E-state index < -0.39 is 10.0 Å². The minimum Gasteiger partial charge on any atom is -0.490 e. The van der Waals surface area contributed by atoms with Gasteiger partial charge in [-0.25, -0.2) is 17.8 Å². The van der Waals surface area contributed by atoms with Crippen LogP contribution in [-0.4, -0.2) is 60.9 Å². The summed E-state index contributed by atoms with van der Waals surface area (Å²) in [5, 5.41) is 0.774. The van der Waals surface area contributed by atoms with Gasteiger partial charge in [0.05, 0.1) is 35.7 Å². The molecule has 0 spiro atoms. The van der Waals surface area contributed by atoms with E-state index in [1.807, 2.05) is 11.5 Å². The van der Waals surface area contributed by atoms with Crippen LogP contribution in [0, 0.1) is 5.82 Å². The van der Waals surface area contributed by atoms with E-state index in [0.717, 1.165) is 10.7 Å². The number of imidazole rings is 1. The molecule has 0 bridgehead atoms. The van der Waals surface area contributed by atoms with Gasteiger partial charge in [0.2, 0.25) is 10.0 Å². The number of ether oxygens (including phenoxy) is 2. The predicted molar refractivity (Wildman–Crippen MR) is 118 cm³/mol. The third-order valence-corrected chi connectivity index (χ3v) is 7.85. The number of aryl methyl sites for hydroxylation is 1. The number of para-hydroxylation sites is 1. The average molecular weight is 466 g/mol. The first-order valence-electron chi connectivity index (χ1n) is 10.1. The first-order valence-corrected chi connectivity index (χ1v) is 12.5. The Bertz CT molecular complexity index is 1160. The Morgan fingerprint density at radius 2 is 1.97 bits per heavy atom. The van der Waals surface area contributed by atoms with E-state index in [1.54, 1.807) is 36.4 Å². The van der Waals surface area contributed by atoms with Crippen molar-refractivity contribution in [2.75, 3.05) is 38.7 Å². The fraction of sp³-hybridized carbons (Fsp3) is 0.381. The molecule has 1 aliphatic rings. The quantitative estimate of drug-likeness (QED) is 0.375. The summed E-state index contributed by atoms with van der Waals surface area (Å²) in [7, 11) is -3.58. The Morgan fingerprint density at radius 1 is 1.19 bits per heavy atom. The molecule has 0 radical (unpaired) electrons. The standard InChI is InChI=1S/C21H24FN3O4S2/c1-2-25-19-8-7-16(31(26,27)24-9-11-28-12-10-24)15-18(19)23-21(25)30-14-13-29-20-6-4-3-5-17(20)22/h3-8,15H,2,9-14H2,1H3. The Hall–Kier alpha value is -2.14. The lowest BCUT2D eigenvalue weighted by molar-refractivity contribution is 0.0730. The fourth-order valence-corrected chi connectivity index (χ4v) is 5.77. The maximum absolute atomic E-state index is 13.7. The molecular weight excluding hydrogens is 441 g/mol. The summed E-state index contributed by atoms with van der Waals surface area (Å²) in [5.74, 6) is 0.420. The van der Waals surface area contributed by atoms with Crippen molar-refractivity contribution in [1.82, 2.24) is 13.9 Å². The summed E-state index contributed by atoms with van der Waals surface area (Å²) in [4.78, 5) is 4.89. The zero-order chi connectivity index (χ0) is 21.8. The number of rotatable bonds is 8. The van der Waals surface area contributed by atoms with E-state index in [-0.39, 0.29) is 16.5 Å². The second-order valence-corrected chi connectivity index (χ2v) is 9.93. The van der Waals surface area contributed by atoms with E-state index in [0.29, 0.717) is 50.7 Å². The highest BCUT2D eigenvalue weighted by Crippen LogP contribution is 2.27. The average Bonchev–Trinajstić information content (AvgIpc) is 3.15. The van der Waals surface area contributed by atoms with Crippen LogP contribution in [0.15, 0.2) is 52.5 Å². The van der Waals surface area contributed by atoms with Crippen molar-refractivity contribution in [1.29, 1.82) is 0 Å². The normalized spacial score (nSPS) is 15.4. The van der Waals surface area contributed by atoms with Crippen LogP contribution in [0.2, 0.25) is 0 Å². The van der Waals surface area contributed by atoms with Gasteiger partial charge < -0.3 is 14.0 Å². The van der Waals surface area contributed by atoms with Gasteiger partial charge >= 0.3 is 0 Å². The van der Waals surface area contributed by atoms with Crippen molar-refractivity contribution in [2.45, 2.75) is 23.5 Å². The zero-order valence-electron chi connectivity index (χ0n) is 17.2. The minimum absolute atomic E-state index is 0.227. The maximum Gasteiger partial charge on any atom is 0.243 e. The number of sulfonamides is 1. The molecule has 0 aliphatic carbocycles. The highest BCUT2D eigenvalue weighted by molar-refractivity contribution is 7.99. The third kappa shape index (κ3) is 4.72. The number of hydrogen-bond acceptors (Lipinski definition) is 6. The number of nitrogens with zero attached hydrogens (tertiary/aromatic N) is 3. The molecule has 0 amide bonds. The number of thioether (sulfide) groups is 1. The van der Waals surface area contributed by atoms with E-state index in [2.05, 4.69) is 4.98 Å². The van der Waals surface area contributed by atoms with E-state index >= 15 is 0 Å². The van der Waals surface area contributed by atoms with E-state index in [4.69, 9.17) is 9.47 Å². The third-order valence-electron chi connectivity index (χ3n) is 5.02. The summed E-state index contributed by atoms with van der Waals surface area (Å²) >= 11 is 1.49. The maximum atomic E-state index is 13.7. The van der Waals surface area contributed by atoms with Crippen LogP contribution in [0.4, 0.5) is 4.39 Å². The van der Waals surface area contributed by atoms with Gasteiger partial charge in [-0.15, -0.1) is 0 Å². The second-order valence-electron chi connectivity index (χ2n) is 6.93. The predicted octanol–water partition coefficient (Wildman–Crippen LogP) is 3.39. The van der Waals surface area contributed by atoms with Crippen LogP contribution in [0.5, 0.6) is 5.75 Å². The molecule has 7 nitrogen and oxygen atoms in total. The molecule has 1 aromatic heterocycles. The molecule has 0 saturated carbocycles. The van der Waals surface area contributed by atoms with Gasteiger partial charge in [0.1, 0.15) is 0 Å². The highest BCUT2D eigenvalue weighted by Gasteiger charge is 2.27. The topological polar surface area (TPSA) is 73.7 Å². The molecule has 1 saturated heterocycles. The van der Waals surface area contributed by atoms with Gasteiger partial charge in [-0.2, -0.15) is 4.31 Å². The Labute approximate surface area is 185 Å². The lowest BCUT2D eigenvalue weighted by atomic mass is 10.3. The molecule has 0 atom stereocenters. The van der Waals surface area contributed by atoms with Crippen molar-refractivity contribution < 1.29 is 22.3 Å². The van der Waals surface area contributed by atoms with Crippen LogP contribution >= 0.6 is 11.8 Å². The van der Waals surface area contributed by atoms with E-state index in [9.17, 15) is 12.8 Å². The lowest BCUT2D eigenvalue weighted by Gasteiger charge is -2.26. The Balaban J connectivity index is 1.50. The number of morpholine rings is 1. The van der Waals surface area contributed by atoms with Gasteiger partial charge in [-0.3, -0.25) is 0 Å². The summed E-state index contributed by atoms with van der Waals surface area (Å²) in [6.07, 6.45) is 0. The largest absolute Gasteiger partial charge is 0.490 e. The molecule has 2 aromatic carbocycles. The molecule has 0 N–H and O–H groups in total. The van der Waals surface area contributed by atoms with Crippen molar-refractivity contribution in [3.05, 3.63) is 48.3 Å². The van der Waals surface area contributed by atoms with Gasteiger partial charge in [-0.1, -0.05) is 23.9 Å². The monoisotopic (exact) mass is 465 g/mol. The molecule has 166 valence electrons. The minimum atomic E-state index is -3.58. The summed E-state index contributed by atoms with van der Waals surface area (Å²) in [6, 6.07) is 11.4. The van der Waals surface area contributed by atoms with Crippen molar-refractivity contribution in [3.8, 4) is 5.75 Å². The molecule has 31 heavy (non-hydrogen) atoms. The second kappa shape index (κ2) is 9.56. The van der Waals surface area contributed by atoms with Crippen molar-refractivity contribution >= 4 is 32.8 Å². The first kappa shape index (κ1) is 22.1. The smallest absolute Gasteiger partial charge is 0.243 e. The van der Waals surface area contributed by atoms with Gasteiger partial charge in [0.15, 0.2) is 16.7 Å². The summed E-state index contributed by atoms with van der Waals surface area (Å²) < 4.78 is 53.8. The number of fused-ring (bicyclic) bond motifs is 1. The summed E-state index contributed by atoms with van der Waals surface area (Å²) in [5.41, 5.74) is 1.51. The molecular formula is C21H24FN3O4S2. The SMILES string of the molecule is CCn1c(SCCOc2ccccc2F)nc2cc(S(=O)(=O)N3CCOCC3)ccc21. The lowest BCUT2D eigenvalue weighted by Crippen LogP contribution is -2.40. The molecule has 1 aliphatic heterocycles. The highest BCUT2D eigenvalue weighted by atomic mass is 32.2. The van der Waals surface area contributed by atoms with Crippen molar-refractivity contribution in [3.63, 3.8) is 0 Å². The van der Waals surface area contributed by atoms with E-state index in [1.165, 1.54) is 22.1 Å². The Morgan fingerprint density at radius 3 is 2.71 bits per heavy atom. The van der Waals surface area contributed by atoms with Crippen LogP contribution < -0.4 is 4.74 Å². The zero-order valence-corrected chi connectivity index (χ0v) is 18.8. The van der Waals surface area contributed by atoms with Gasteiger partial charge in [0.25, 0.3) is 0 Å². The number of aromatic nitrogens is 2. The molecule has 2 heterocycles. The van der Waals surface area contributed by atoms with Gasteiger partial charge in [-0.05, 0) is 37.3 Å². The number of halogens is 1. The van der Waals surface area contributed by atoms with Crippen LogP contribution in [0.25, 0.3) is 11.0 Å². The summed E-state index contributed by atoms with van der Waals surface area (Å²) in [6.45, 7) is 4.56. The molecule has 0 unspecified atom stereocenters. The molecule has 3 aromatic rings. The van der Waals surface area contributed by atoms with Crippen LogP contribution in [0.1, 0.15) is 6.92 Å². The Kier molecular flexibility index (Phi) is 6.80. The first-order chi connectivity index (χ1) is 15.0. The van der Waals surface area contributed by atoms with Gasteiger partial charge in [0, 0.05) is 25.4 Å². The van der Waals surface area contributed by atoms with Crippen molar-refractivity contribution in [2.24, 2.45) is 0 Å². The molecule has 1 fully saturated rings. The molecule has 10 heteroatoms. The number of hydrogen-bond donors (Lipinski definition) is 0. The van der Waals surface area contributed by atoms with Crippen LogP contribution in [-0.2, 0) is 21.3 Å². The number of benzene rings is 2. The van der Waals surface area contributed by atoms with Crippen LogP contribution in [0.3, 0.4) is 0 Å². The molecule has 4 rings (SSSR count). The fourth-order valence-electron chi connectivity index (χ4n) is 3.45.